The third kappa shape index (κ3) is 3.77. The van der Waals surface area contributed by atoms with Crippen molar-refractivity contribution in [1.29, 1.82) is 0 Å². The van der Waals surface area contributed by atoms with E-state index in [1.165, 1.54) is 0 Å². The highest BCUT2D eigenvalue weighted by Crippen LogP contribution is 2.40. The monoisotopic (exact) mass is 342 g/mol. The number of amides is 2. The lowest BCUT2D eigenvalue weighted by Gasteiger charge is -2.09. The largest absolute Gasteiger partial charge is 0.326 e. The van der Waals surface area contributed by atoms with E-state index in [2.05, 4.69) is 10.6 Å². The van der Waals surface area contributed by atoms with E-state index in [0.29, 0.717) is 17.1 Å². The Kier molecular flexibility index (Phi) is 4.58. The van der Waals surface area contributed by atoms with Gasteiger partial charge in [0.25, 0.3) is 0 Å². The van der Waals surface area contributed by atoms with Gasteiger partial charge >= 0.3 is 0 Å². The molecule has 2 amide bonds. The van der Waals surface area contributed by atoms with Crippen LogP contribution in [-0.2, 0) is 9.59 Å². The van der Waals surface area contributed by atoms with E-state index in [1.807, 2.05) is 44.2 Å². The predicted molar refractivity (Wildman–Crippen MR) is 96.2 cm³/mol. The van der Waals surface area contributed by atoms with E-state index < -0.39 is 0 Å². The molecule has 3 rings (SSSR count). The highest BCUT2D eigenvalue weighted by atomic mass is 35.5. The Bertz CT molecular complexity index is 804. The second-order valence-corrected chi connectivity index (χ2v) is 6.69. The van der Waals surface area contributed by atoms with Crippen LogP contribution < -0.4 is 10.6 Å². The number of carbonyl (C=O) groups excluding carboxylic acids is 2. The molecule has 1 aliphatic carbocycles. The van der Waals surface area contributed by atoms with Crippen LogP contribution in [0.5, 0.6) is 0 Å². The molecule has 1 aliphatic rings. The van der Waals surface area contributed by atoms with Crippen LogP contribution in [0.1, 0.15) is 17.5 Å². The summed E-state index contributed by atoms with van der Waals surface area (Å²) < 4.78 is 0. The number of nitrogens with one attached hydrogen (secondary N) is 2. The molecule has 0 heterocycles. The molecule has 1 fully saturated rings. The molecule has 2 aromatic carbocycles. The minimum absolute atomic E-state index is 0.108. The van der Waals surface area contributed by atoms with Gasteiger partial charge in [0.1, 0.15) is 0 Å². The van der Waals surface area contributed by atoms with Crippen molar-refractivity contribution in [2.45, 2.75) is 20.3 Å². The smallest absolute Gasteiger partial charge is 0.228 e. The van der Waals surface area contributed by atoms with Gasteiger partial charge in [0, 0.05) is 16.4 Å². The van der Waals surface area contributed by atoms with Crippen LogP contribution in [-0.4, -0.2) is 11.8 Å². The number of hydrogen-bond donors (Lipinski definition) is 2. The molecular weight excluding hydrogens is 324 g/mol. The lowest BCUT2D eigenvalue weighted by atomic mass is 10.2. The molecule has 0 spiro atoms. The Balaban J connectivity index is 1.59. The number of halogens is 1. The summed E-state index contributed by atoms with van der Waals surface area (Å²) in [5, 5.41) is 6.31. The van der Waals surface area contributed by atoms with Gasteiger partial charge in [-0.15, -0.1) is 0 Å². The third-order valence-corrected chi connectivity index (χ3v) is 4.44. The summed E-state index contributed by atoms with van der Waals surface area (Å²) in [6.45, 7) is 3.87. The zero-order valence-electron chi connectivity index (χ0n) is 13.6. The SMILES string of the molecule is Cc1cccc(NC(=O)C2CC2C(=O)Nc2cc(Cl)ccc2C)c1. The highest BCUT2D eigenvalue weighted by Gasteiger charge is 2.48. The summed E-state index contributed by atoms with van der Waals surface area (Å²) in [4.78, 5) is 24.6. The van der Waals surface area contributed by atoms with E-state index in [4.69, 9.17) is 11.6 Å². The zero-order valence-corrected chi connectivity index (χ0v) is 14.4. The average molecular weight is 343 g/mol. The Hall–Kier alpha value is -2.33. The van der Waals surface area contributed by atoms with Crippen LogP contribution in [0.2, 0.25) is 5.02 Å². The summed E-state index contributed by atoms with van der Waals surface area (Å²) in [5.74, 6) is -0.800. The Morgan fingerprint density at radius 1 is 1.00 bits per heavy atom. The highest BCUT2D eigenvalue weighted by molar-refractivity contribution is 6.31. The van der Waals surface area contributed by atoms with Gasteiger partial charge in [0.05, 0.1) is 11.8 Å². The third-order valence-electron chi connectivity index (χ3n) is 4.21. The lowest BCUT2D eigenvalue weighted by molar-refractivity contribution is -0.122. The van der Waals surface area contributed by atoms with Crippen molar-refractivity contribution in [1.82, 2.24) is 0 Å². The summed E-state index contributed by atoms with van der Waals surface area (Å²) >= 11 is 5.96. The standard InChI is InChI=1S/C19H19ClN2O2/c1-11-4-3-5-14(8-11)21-18(23)15-10-16(15)19(24)22-17-9-13(20)7-6-12(17)2/h3-9,15-16H,10H2,1-2H3,(H,21,23)(H,22,24). The molecule has 0 radical (unpaired) electrons. The molecule has 124 valence electrons. The summed E-state index contributed by atoms with van der Waals surface area (Å²) in [6, 6.07) is 13.0. The van der Waals surface area contributed by atoms with Crippen molar-refractivity contribution in [3.8, 4) is 0 Å². The van der Waals surface area contributed by atoms with Crippen LogP contribution in [0.15, 0.2) is 42.5 Å². The first-order valence-electron chi connectivity index (χ1n) is 7.88. The number of carbonyl (C=O) groups is 2. The summed E-state index contributed by atoms with van der Waals surface area (Å²) in [6.07, 6.45) is 0.573. The maximum Gasteiger partial charge on any atom is 0.228 e. The van der Waals surface area contributed by atoms with Gasteiger partial charge < -0.3 is 10.6 Å². The van der Waals surface area contributed by atoms with Gasteiger partial charge in [-0.1, -0.05) is 29.8 Å². The molecule has 0 bridgehead atoms. The molecule has 2 aromatic rings. The quantitative estimate of drug-likeness (QED) is 0.876. The first-order valence-corrected chi connectivity index (χ1v) is 8.26. The van der Waals surface area contributed by atoms with Crippen LogP contribution >= 0.6 is 11.6 Å². The fraction of sp³-hybridized carbons (Fsp3) is 0.263. The maximum atomic E-state index is 12.3. The molecule has 4 nitrogen and oxygen atoms in total. The number of benzene rings is 2. The molecule has 2 N–H and O–H groups in total. The molecule has 24 heavy (non-hydrogen) atoms. The molecule has 0 aromatic heterocycles. The van der Waals surface area contributed by atoms with Gasteiger partial charge in [-0.3, -0.25) is 9.59 Å². The molecular formula is C19H19ClN2O2. The number of anilines is 2. The van der Waals surface area contributed by atoms with Crippen LogP contribution in [0.4, 0.5) is 11.4 Å². The van der Waals surface area contributed by atoms with Gasteiger partial charge in [0.15, 0.2) is 0 Å². The normalized spacial score (nSPS) is 18.8. The number of aryl methyl sites for hydroxylation is 2. The van der Waals surface area contributed by atoms with Crippen LogP contribution in [0.3, 0.4) is 0 Å². The molecule has 0 aliphatic heterocycles. The number of rotatable bonds is 4. The van der Waals surface area contributed by atoms with Crippen molar-refractivity contribution >= 4 is 34.8 Å². The fourth-order valence-corrected chi connectivity index (χ4v) is 2.86. The minimum Gasteiger partial charge on any atom is -0.326 e. The van der Waals surface area contributed by atoms with Crippen molar-refractivity contribution < 1.29 is 9.59 Å². The molecule has 2 unspecified atom stereocenters. The lowest BCUT2D eigenvalue weighted by Crippen LogP contribution is -2.20. The first kappa shape index (κ1) is 16.5. The van der Waals surface area contributed by atoms with Crippen molar-refractivity contribution in [3.05, 3.63) is 58.6 Å². The van der Waals surface area contributed by atoms with Crippen LogP contribution in [0.25, 0.3) is 0 Å². The predicted octanol–water partition coefficient (Wildman–Crippen LogP) is 4.17. The topological polar surface area (TPSA) is 58.2 Å². The van der Waals surface area contributed by atoms with Crippen molar-refractivity contribution in [3.63, 3.8) is 0 Å². The van der Waals surface area contributed by atoms with E-state index in [-0.39, 0.29) is 23.7 Å². The fourth-order valence-electron chi connectivity index (χ4n) is 2.69. The van der Waals surface area contributed by atoms with E-state index in [1.54, 1.807) is 12.1 Å². The Morgan fingerprint density at radius 2 is 1.71 bits per heavy atom. The zero-order chi connectivity index (χ0) is 17.3. The van der Waals surface area contributed by atoms with E-state index in [0.717, 1.165) is 16.8 Å². The second-order valence-electron chi connectivity index (χ2n) is 6.26. The Morgan fingerprint density at radius 3 is 2.42 bits per heavy atom. The average Bonchev–Trinajstić information content (AvgIpc) is 3.32. The van der Waals surface area contributed by atoms with Gasteiger partial charge in [-0.2, -0.15) is 0 Å². The molecule has 1 saturated carbocycles. The van der Waals surface area contributed by atoms with E-state index in [9.17, 15) is 9.59 Å². The van der Waals surface area contributed by atoms with Crippen molar-refractivity contribution in [2.75, 3.05) is 10.6 Å². The van der Waals surface area contributed by atoms with Gasteiger partial charge in [-0.05, 0) is 55.7 Å². The Labute approximate surface area is 146 Å². The van der Waals surface area contributed by atoms with Crippen LogP contribution in [0, 0.1) is 25.7 Å². The summed E-state index contributed by atoms with van der Waals surface area (Å²) in [5.41, 5.74) is 3.47. The summed E-state index contributed by atoms with van der Waals surface area (Å²) in [7, 11) is 0. The van der Waals surface area contributed by atoms with Gasteiger partial charge in [-0.25, -0.2) is 0 Å². The minimum atomic E-state index is -0.284. The van der Waals surface area contributed by atoms with Crippen molar-refractivity contribution in [2.24, 2.45) is 11.8 Å². The van der Waals surface area contributed by atoms with Gasteiger partial charge in [0.2, 0.25) is 11.8 Å². The number of hydrogen-bond acceptors (Lipinski definition) is 2. The molecule has 0 saturated heterocycles. The second kappa shape index (κ2) is 6.65. The first-order chi connectivity index (χ1) is 11.4. The maximum absolute atomic E-state index is 12.3. The molecule has 2 atom stereocenters. The van der Waals surface area contributed by atoms with E-state index >= 15 is 0 Å². The molecule has 5 heteroatoms.